The average Bonchev–Trinajstić information content (AvgIpc) is 2.92. The highest BCUT2D eigenvalue weighted by molar-refractivity contribution is 7.92. The Morgan fingerprint density at radius 2 is 2.00 bits per heavy atom. The van der Waals surface area contributed by atoms with E-state index in [1.807, 2.05) is 31.2 Å². The van der Waals surface area contributed by atoms with Crippen LogP contribution >= 0.6 is 0 Å². The van der Waals surface area contributed by atoms with Crippen molar-refractivity contribution in [1.82, 2.24) is 15.2 Å². The number of aromatic nitrogens is 3. The van der Waals surface area contributed by atoms with Gasteiger partial charge in [0.1, 0.15) is 0 Å². The molecule has 0 fully saturated rings. The average molecular weight is 288 g/mol. The molecule has 0 atom stereocenters. The Morgan fingerprint density at radius 3 is 2.75 bits per heavy atom. The van der Waals surface area contributed by atoms with Crippen LogP contribution in [0.15, 0.2) is 47.6 Å². The predicted molar refractivity (Wildman–Crippen MR) is 75.9 cm³/mol. The van der Waals surface area contributed by atoms with Gasteiger partial charge in [0.05, 0.1) is 17.4 Å². The van der Waals surface area contributed by atoms with E-state index < -0.39 is 10.0 Å². The van der Waals surface area contributed by atoms with E-state index in [4.69, 9.17) is 0 Å². The van der Waals surface area contributed by atoms with E-state index in [1.54, 1.807) is 6.07 Å². The van der Waals surface area contributed by atoms with E-state index in [-0.39, 0.29) is 5.03 Å². The van der Waals surface area contributed by atoms with E-state index in [2.05, 4.69) is 19.9 Å². The number of fused-ring (bicyclic) bond motifs is 1. The van der Waals surface area contributed by atoms with Crippen LogP contribution in [0.5, 0.6) is 0 Å². The van der Waals surface area contributed by atoms with Crippen molar-refractivity contribution in [2.45, 2.75) is 11.9 Å². The molecule has 2 aromatic heterocycles. The number of anilines is 1. The molecule has 2 heterocycles. The molecular formula is C13H12N4O2S. The number of nitrogens with one attached hydrogen (secondary N) is 2. The molecule has 3 rings (SSSR count). The van der Waals surface area contributed by atoms with Gasteiger partial charge < -0.3 is 0 Å². The van der Waals surface area contributed by atoms with Crippen LogP contribution in [0.4, 0.5) is 5.69 Å². The van der Waals surface area contributed by atoms with E-state index in [0.717, 1.165) is 16.6 Å². The van der Waals surface area contributed by atoms with Crippen LogP contribution in [-0.4, -0.2) is 23.6 Å². The van der Waals surface area contributed by atoms with Crippen LogP contribution < -0.4 is 4.72 Å². The fourth-order valence-electron chi connectivity index (χ4n) is 1.98. The Kier molecular flexibility index (Phi) is 2.90. The number of sulfonamides is 1. The molecule has 2 N–H and O–H groups in total. The molecule has 1 aromatic carbocycles. The summed E-state index contributed by atoms with van der Waals surface area (Å²) in [6, 6.07) is 10.5. The molecule has 0 aliphatic carbocycles. The van der Waals surface area contributed by atoms with Crippen molar-refractivity contribution in [2.75, 3.05) is 4.72 Å². The minimum absolute atomic E-state index is 0.0241. The minimum atomic E-state index is -3.67. The third-order valence-corrected chi connectivity index (χ3v) is 4.15. The molecule has 0 amide bonds. The maximum Gasteiger partial charge on any atom is 0.278 e. The molecule has 6 nitrogen and oxygen atoms in total. The second-order valence-electron chi connectivity index (χ2n) is 4.35. The zero-order chi connectivity index (χ0) is 14.2. The van der Waals surface area contributed by atoms with Gasteiger partial charge in [-0.2, -0.15) is 13.5 Å². The first kappa shape index (κ1) is 12.6. The highest BCUT2D eigenvalue weighted by atomic mass is 32.2. The lowest BCUT2D eigenvalue weighted by atomic mass is 10.2. The zero-order valence-corrected chi connectivity index (χ0v) is 11.5. The van der Waals surface area contributed by atoms with Gasteiger partial charge in [-0.05, 0) is 25.1 Å². The number of nitrogens with zero attached hydrogens (tertiary/aromatic N) is 2. The van der Waals surface area contributed by atoms with Crippen molar-refractivity contribution in [1.29, 1.82) is 0 Å². The SMILES string of the molecule is Cc1cc(NS(=O)(=O)c2ccn[nH]2)c2ccccc2n1. The van der Waals surface area contributed by atoms with Gasteiger partial charge in [0, 0.05) is 11.1 Å². The molecule has 0 radical (unpaired) electrons. The summed E-state index contributed by atoms with van der Waals surface area (Å²) in [5.41, 5.74) is 1.99. The smallest absolute Gasteiger partial charge is 0.278 e. The Hall–Kier alpha value is -2.41. The normalized spacial score (nSPS) is 11.7. The molecule has 0 spiro atoms. The third-order valence-electron chi connectivity index (χ3n) is 2.85. The molecule has 0 bridgehead atoms. The number of aryl methyl sites for hydroxylation is 1. The number of rotatable bonds is 3. The highest BCUT2D eigenvalue weighted by Crippen LogP contribution is 2.25. The standard InChI is InChI=1S/C13H12N4O2S/c1-9-8-12(10-4-2-3-5-11(10)15-9)17-20(18,19)13-6-7-14-16-13/h2-8H,1H3,(H,14,16)(H,15,17). The van der Waals surface area contributed by atoms with E-state index in [0.29, 0.717) is 5.69 Å². The van der Waals surface area contributed by atoms with Crippen molar-refractivity contribution < 1.29 is 8.42 Å². The van der Waals surface area contributed by atoms with Gasteiger partial charge in [-0.3, -0.25) is 14.8 Å². The predicted octanol–water partition coefficient (Wildman–Crippen LogP) is 2.07. The van der Waals surface area contributed by atoms with Crippen LogP contribution in [0, 0.1) is 6.92 Å². The molecular weight excluding hydrogens is 276 g/mol. The largest absolute Gasteiger partial charge is 0.278 e. The lowest BCUT2D eigenvalue weighted by Gasteiger charge is -2.10. The lowest BCUT2D eigenvalue weighted by Crippen LogP contribution is -2.14. The molecule has 7 heteroatoms. The van der Waals surface area contributed by atoms with Gasteiger partial charge in [-0.25, -0.2) is 0 Å². The van der Waals surface area contributed by atoms with E-state index >= 15 is 0 Å². The molecule has 0 saturated heterocycles. The number of benzene rings is 1. The summed E-state index contributed by atoms with van der Waals surface area (Å²) >= 11 is 0. The second-order valence-corrected chi connectivity index (χ2v) is 6.01. The number of aromatic amines is 1. The van der Waals surface area contributed by atoms with Crippen molar-refractivity contribution >= 4 is 26.6 Å². The summed E-state index contributed by atoms with van der Waals surface area (Å²) in [6.07, 6.45) is 1.39. The number of para-hydroxylation sites is 1. The van der Waals surface area contributed by atoms with Crippen molar-refractivity contribution in [3.05, 3.63) is 48.3 Å². The summed E-state index contributed by atoms with van der Waals surface area (Å²) < 4.78 is 27.0. The minimum Gasteiger partial charge on any atom is -0.278 e. The Bertz CT molecular complexity index is 857. The molecule has 0 unspecified atom stereocenters. The number of hydrogen-bond donors (Lipinski definition) is 2. The number of pyridine rings is 1. The number of H-pyrrole nitrogens is 1. The summed E-state index contributed by atoms with van der Waals surface area (Å²) in [5, 5.41) is 6.87. The maximum atomic E-state index is 12.2. The monoisotopic (exact) mass is 288 g/mol. The first-order chi connectivity index (χ1) is 9.56. The first-order valence-corrected chi connectivity index (χ1v) is 7.43. The quantitative estimate of drug-likeness (QED) is 0.772. The molecule has 0 aliphatic rings. The molecule has 102 valence electrons. The maximum absolute atomic E-state index is 12.2. The van der Waals surface area contributed by atoms with Crippen LogP contribution in [0.25, 0.3) is 10.9 Å². The Balaban J connectivity index is 2.12. The summed E-state index contributed by atoms with van der Waals surface area (Å²) in [5.74, 6) is 0. The summed E-state index contributed by atoms with van der Waals surface area (Å²) in [4.78, 5) is 4.37. The Morgan fingerprint density at radius 1 is 1.20 bits per heavy atom. The van der Waals surface area contributed by atoms with Gasteiger partial charge in [-0.1, -0.05) is 18.2 Å². The van der Waals surface area contributed by atoms with E-state index in [1.165, 1.54) is 12.3 Å². The van der Waals surface area contributed by atoms with Gasteiger partial charge in [0.15, 0.2) is 5.03 Å². The molecule has 3 aromatic rings. The molecule has 0 saturated carbocycles. The van der Waals surface area contributed by atoms with Crippen molar-refractivity contribution in [2.24, 2.45) is 0 Å². The van der Waals surface area contributed by atoms with Gasteiger partial charge in [-0.15, -0.1) is 0 Å². The van der Waals surface area contributed by atoms with Crippen LogP contribution in [-0.2, 0) is 10.0 Å². The number of hydrogen-bond acceptors (Lipinski definition) is 4. The van der Waals surface area contributed by atoms with Crippen LogP contribution in [0.1, 0.15) is 5.69 Å². The summed E-state index contributed by atoms with van der Waals surface area (Å²) in [7, 11) is -3.67. The second kappa shape index (κ2) is 4.61. The van der Waals surface area contributed by atoms with Gasteiger partial charge >= 0.3 is 0 Å². The fraction of sp³-hybridized carbons (Fsp3) is 0.0769. The summed E-state index contributed by atoms with van der Waals surface area (Å²) in [6.45, 7) is 1.82. The fourth-order valence-corrected chi connectivity index (χ4v) is 2.97. The highest BCUT2D eigenvalue weighted by Gasteiger charge is 2.17. The van der Waals surface area contributed by atoms with Gasteiger partial charge in [0.2, 0.25) is 0 Å². The molecule has 20 heavy (non-hydrogen) atoms. The first-order valence-electron chi connectivity index (χ1n) is 5.95. The van der Waals surface area contributed by atoms with E-state index in [9.17, 15) is 8.42 Å². The molecule has 0 aliphatic heterocycles. The van der Waals surface area contributed by atoms with Crippen molar-refractivity contribution in [3.8, 4) is 0 Å². The topological polar surface area (TPSA) is 87.7 Å². The van der Waals surface area contributed by atoms with Crippen LogP contribution in [0.2, 0.25) is 0 Å². The van der Waals surface area contributed by atoms with Gasteiger partial charge in [0.25, 0.3) is 10.0 Å². The third kappa shape index (κ3) is 2.23. The Labute approximate surface area is 115 Å². The lowest BCUT2D eigenvalue weighted by molar-refractivity contribution is 0.597. The van der Waals surface area contributed by atoms with Crippen LogP contribution in [0.3, 0.4) is 0 Å². The zero-order valence-electron chi connectivity index (χ0n) is 10.7. The van der Waals surface area contributed by atoms with Crippen molar-refractivity contribution in [3.63, 3.8) is 0 Å².